The molecule has 2 N–H and O–H groups in total. The first-order valence-corrected chi connectivity index (χ1v) is 8.07. The molecule has 28 heavy (non-hydrogen) atoms. The molecular weight excluding hydrogens is 370 g/mol. The third-order valence-corrected chi connectivity index (χ3v) is 3.74. The summed E-state index contributed by atoms with van der Waals surface area (Å²) in [5, 5.41) is 5.42. The fourth-order valence-corrected chi connectivity index (χ4v) is 2.32. The number of hydrogen-bond acceptors (Lipinski definition) is 6. The molecule has 0 spiro atoms. The van der Waals surface area contributed by atoms with Crippen LogP contribution in [-0.2, 0) is 0 Å². The van der Waals surface area contributed by atoms with Crippen molar-refractivity contribution < 1.29 is 23.0 Å². The number of anilines is 3. The monoisotopic (exact) mass is 386 g/mol. The number of nitrogens with one attached hydrogen (secondary N) is 2. The van der Waals surface area contributed by atoms with Crippen molar-refractivity contribution in [2.75, 3.05) is 24.9 Å². The summed E-state index contributed by atoms with van der Waals surface area (Å²) < 4.78 is 36.6. The van der Waals surface area contributed by atoms with E-state index in [2.05, 4.69) is 20.6 Å². The molecule has 7 nitrogen and oxygen atoms in total. The first-order valence-electron chi connectivity index (χ1n) is 8.07. The van der Waals surface area contributed by atoms with E-state index in [1.807, 2.05) is 0 Å². The van der Waals surface area contributed by atoms with Crippen LogP contribution < -0.4 is 20.1 Å². The average Bonchev–Trinajstić information content (AvgIpc) is 2.71. The van der Waals surface area contributed by atoms with Gasteiger partial charge in [-0.2, -0.15) is 0 Å². The molecule has 3 aromatic rings. The summed E-state index contributed by atoms with van der Waals surface area (Å²) in [5.74, 6) is -1.20. The number of carbonyl (C=O) groups is 1. The van der Waals surface area contributed by atoms with Gasteiger partial charge in [0.25, 0.3) is 5.91 Å². The molecule has 0 saturated heterocycles. The van der Waals surface area contributed by atoms with Crippen LogP contribution in [0, 0.1) is 11.6 Å². The van der Waals surface area contributed by atoms with Gasteiger partial charge in [-0.25, -0.2) is 18.7 Å². The Labute approximate surface area is 159 Å². The summed E-state index contributed by atoms with van der Waals surface area (Å²) >= 11 is 0. The van der Waals surface area contributed by atoms with Gasteiger partial charge in [-0.15, -0.1) is 0 Å². The summed E-state index contributed by atoms with van der Waals surface area (Å²) in [6, 6.07) is 8.25. The van der Waals surface area contributed by atoms with E-state index in [-0.39, 0.29) is 17.2 Å². The second-order valence-electron chi connectivity index (χ2n) is 5.57. The fourth-order valence-electron chi connectivity index (χ4n) is 2.32. The second-order valence-corrected chi connectivity index (χ2v) is 5.57. The van der Waals surface area contributed by atoms with Crippen LogP contribution in [0.5, 0.6) is 11.5 Å². The maximum atomic E-state index is 13.2. The number of benzene rings is 2. The molecule has 1 amide bonds. The SMILES string of the molecule is COc1ccc(OC)c(Nc2ncc(C(=O)Nc3ccc(F)c(F)c3)cn2)c1. The highest BCUT2D eigenvalue weighted by molar-refractivity contribution is 6.03. The molecule has 0 saturated carbocycles. The van der Waals surface area contributed by atoms with Crippen LogP contribution in [0.4, 0.5) is 26.1 Å². The topological polar surface area (TPSA) is 85.4 Å². The Kier molecular flexibility index (Phi) is 5.64. The maximum Gasteiger partial charge on any atom is 0.258 e. The summed E-state index contributed by atoms with van der Waals surface area (Å²) in [7, 11) is 3.07. The molecule has 1 aromatic heterocycles. The zero-order valence-electron chi connectivity index (χ0n) is 15.0. The molecule has 0 aliphatic rings. The van der Waals surface area contributed by atoms with Gasteiger partial charge >= 0.3 is 0 Å². The first-order chi connectivity index (χ1) is 13.5. The molecule has 0 atom stereocenters. The van der Waals surface area contributed by atoms with Gasteiger partial charge < -0.3 is 20.1 Å². The average molecular weight is 386 g/mol. The van der Waals surface area contributed by atoms with Gasteiger partial charge in [-0.3, -0.25) is 4.79 Å². The van der Waals surface area contributed by atoms with E-state index in [4.69, 9.17) is 9.47 Å². The van der Waals surface area contributed by atoms with E-state index in [0.717, 1.165) is 12.1 Å². The van der Waals surface area contributed by atoms with E-state index in [1.165, 1.54) is 25.6 Å². The highest BCUT2D eigenvalue weighted by Crippen LogP contribution is 2.30. The van der Waals surface area contributed by atoms with Crippen LogP contribution in [0.2, 0.25) is 0 Å². The van der Waals surface area contributed by atoms with E-state index >= 15 is 0 Å². The summed E-state index contributed by atoms with van der Waals surface area (Å²) in [6.45, 7) is 0. The zero-order valence-corrected chi connectivity index (χ0v) is 15.0. The highest BCUT2D eigenvalue weighted by Gasteiger charge is 2.11. The predicted molar refractivity (Wildman–Crippen MR) is 99.2 cm³/mol. The molecule has 0 aliphatic heterocycles. The molecule has 0 radical (unpaired) electrons. The molecule has 1 heterocycles. The van der Waals surface area contributed by atoms with Crippen molar-refractivity contribution in [2.24, 2.45) is 0 Å². The number of amides is 1. The van der Waals surface area contributed by atoms with Crippen LogP contribution in [0.1, 0.15) is 10.4 Å². The molecule has 9 heteroatoms. The molecule has 2 aromatic carbocycles. The predicted octanol–water partition coefficient (Wildman–Crippen LogP) is 3.77. The van der Waals surface area contributed by atoms with E-state index < -0.39 is 17.5 Å². The zero-order chi connectivity index (χ0) is 20.1. The normalized spacial score (nSPS) is 10.3. The molecule has 144 valence electrons. The molecule has 0 fully saturated rings. The fraction of sp³-hybridized carbons (Fsp3) is 0.105. The largest absolute Gasteiger partial charge is 0.497 e. The summed E-state index contributed by atoms with van der Waals surface area (Å²) in [5.41, 5.74) is 0.848. The van der Waals surface area contributed by atoms with Crippen molar-refractivity contribution in [3.05, 3.63) is 66.0 Å². The molecule has 3 rings (SSSR count). The second kappa shape index (κ2) is 8.30. The van der Waals surface area contributed by atoms with Crippen LogP contribution in [0.15, 0.2) is 48.8 Å². The van der Waals surface area contributed by atoms with E-state index in [9.17, 15) is 13.6 Å². The first kappa shape index (κ1) is 19.0. The van der Waals surface area contributed by atoms with Gasteiger partial charge in [0.1, 0.15) is 11.5 Å². The van der Waals surface area contributed by atoms with Gasteiger partial charge in [0.15, 0.2) is 11.6 Å². The lowest BCUT2D eigenvalue weighted by Gasteiger charge is -2.11. The van der Waals surface area contributed by atoms with Crippen molar-refractivity contribution in [2.45, 2.75) is 0 Å². The van der Waals surface area contributed by atoms with E-state index in [0.29, 0.717) is 17.2 Å². The van der Waals surface area contributed by atoms with Crippen molar-refractivity contribution in [1.29, 1.82) is 0 Å². The number of rotatable bonds is 6. The molecule has 0 unspecified atom stereocenters. The maximum absolute atomic E-state index is 13.2. The Balaban J connectivity index is 1.72. The molecular formula is C19H16F2N4O3. The number of methoxy groups -OCH3 is 2. The number of hydrogen-bond donors (Lipinski definition) is 2. The minimum atomic E-state index is -1.05. The van der Waals surface area contributed by atoms with Crippen LogP contribution in [0.25, 0.3) is 0 Å². The Bertz CT molecular complexity index is 997. The van der Waals surface area contributed by atoms with Gasteiger partial charge in [-0.05, 0) is 24.3 Å². The Morgan fingerprint density at radius 1 is 0.964 bits per heavy atom. The van der Waals surface area contributed by atoms with Gasteiger partial charge in [-0.1, -0.05) is 0 Å². The number of halogens is 2. The van der Waals surface area contributed by atoms with Gasteiger partial charge in [0, 0.05) is 30.2 Å². The highest BCUT2D eigenvalue weighted by atomic mass is 19.2. The third kappa shape index (κ3) is 4.32. The van der Waals surface area contributed by atoms with Crippen molar-refractivity contribution >= 4 is 23.2 Å². The van der Waals surface area contributed by atoms with Crippen molar-refractivity contribution in [1.82, 2.24) is 9.97 Å². The molecule has 0 bridgehead atoms. The number of carbonyl (C=O) groups excluding carboxylic acids is 1. The van der Waals surface area contributed by atoms with Crippen molar-refractivity contribution in [3.8, 4) is 11.5 Å². The Morgan fingerprint density at radius 2 is 1.71 bits per heavy atom. The number of aromatic nitrogens is 2. The Hall–Kier alpha value is -3.75. The van der Waals surface area contributed by atoms with E-state index in [1.54, 1.807) is 25.3 Å². The summed E-state index contributed by atoms with van der Waals surface area (Å²) in [4.78, 5) is 20.4. The van der Waals surface area contributed by atoms with Crippen molar-refractivity contribution in [3.63, 3.8) is 0 Å². The van der Waals surface area contributed by atoms with Crippen LogP contribution >= 0.6 is 0 Å². The van der Waals surface area contributed by atoms with Gasteiger partial charge in [0.2, 0.25) is 5.95 Å². The number of ether oxygens (including phenoxy) is 2. The number of nitrogens with zero attached hydrogens (tertiary/aromatic N) is 2. The lowest BCUT2D eigenvalue weighted by atomic mass is 10.2. The molecule has 0 aliphatic carbocycles. The van der Waals surface area contributed by atoms with Crippen LogP contribution in [-0.4, -0.2) is 30.1 Å². The van der Waals surface area contributed by atoms with Gasteiger partial charge in [0.05, 0.1) is 25.5 Å². The third-order valence-electron chi connectivity index (χ3n) is 3.74. The minimum absolute atomic E-state index is 0.118. The lowest BCUT2D eigenvalue weighted by Crippen LogP contribution is -2.13. The quantitative estimate of drug-likeness (QED) is 0.671. The smallest absolute Gasteiger partial charge is 0.258 e. The Morgan fingerprint density at radius 3 is 2.36 bits per heavy atom. The standard InChI is InChI=1S/C19H16F2N4O3/c1-27-13-4-6-17(28-2)16(8-13)25-19-22-9-11(10-23-19)18(26)24-12-3-5-14(20)15(21)7-12/h3-10H,1-2H3,(H,24,26)(H,22,23,25). The van der Waals surface area contributed by atoms with Crippen LogP contribution in [0.3, 0.4) is 0 Å². The lowest BCUT2D eigenvalue weighted by molar-refractivity contribution is 0.102. The minimum Gasteiger partial charge on any atom is -0.497 e. The summed E-state index contributed by atoms with van der Waals surface area (Å²) in [6.07, 6.45) is 2.61.